The zero-order valence-electron chi connectivity index (χ0n) is 15.9. The van der Waals surface area contributed by atoms with Crippen LogP contribution in [0.4, 0.5) is 10.5 Å². The van der Waals surface area contributed by atoms with Crippen molar-refractivity contribution in [3.05, 3.63) is 30.3 Å². The van der Waals surface area contributed by atoms with Gasteiger partial charge in [-0.15, -0.1) is 0 Å². The van der Waals surface area contributed by atoms with Gasteiger partial charge in [0.15, 0.2) is 0 Å². The highest BCUT2D eigenvalue weighted by Crippen LogP contribution is 2.22. The molecule has 6 nitrogen and oxygen atoms in total. The Labute approximate surface area is 156 Å². The third-order valence-electron chi connectivity index (χ3n) is 5.26. The quantitative estimate of drug-likeness (QED) is 0.901. The molecule has 142 valence electrons. The first-order valence-electron chi connectivity index (χ1n) is 9.69. The maximum Gasteiger partial charge on any atom is 0.317 e. The molecule has 1 aromatic rings. The summed E-state index contributed by atoms with van der Waals surface area (Å²) in [6, 6.07) is 10.5. The summed E-state index contributed by atoms with van der Waals surface area (Å²) >= 11 is 0. The molecule has 0 radical (unpaired) electrons. The fourth-order valence-electron chi connectivity index (χ4n) is 3.75. The highest BCUT2D eigenvalue weighted by atomic mass is 16.2. The first-order chi connectivity index (χ1) is 12.5. The molecular formula is C20H30N4O2. The van der Waals surface area contributed by atoms with E-state index in [-0.39, 0.29) is 23.9 Å². The van der Waals surface area contributed by atoms with Gasteiger partial charge in [-0.05, 0) is 38.8 Å². The number of amides is 3. The van der Waals surface area contributed by atoms with Crippen molar-refractivity contribution in [2.24, 2.45) is 5.92 Å². The average molecular weight is 358 g/mol. The minimum atomic E-state index is -0.0117. The van der Waals surface area contributed by atoms with Crippen molar-refractivity contribution in [3.63, 3.8) is 0 Å². The van der Waals surface area contributed by atoms with Gasteiger partial charge in [-0.3, -0.25) is 4.79 Å². The first-order valence-corrected chi connectivity index (χ1v) is 9.69. The van der Waals surface area contributed by atoms with Crippen LogP contribution in [-0.2, 0) is 4.79 Å². The Morgan fingerprint density at radius 1 is 0.923 bits per heavy atom. The van der Waals surface area contributed by atoms with Crippen LogP contribution < -0.4 is 10.2 Å². The van der Waals surface area contributed by atoms with Crippen LogP contribution in [0, 0.1) is 5.92 Å². The van der Waals surface area contributed by atoms with Gasteiger partial charge in [0.2, 0.25) is 5.91 Å². The second-order valence-corrected chi connectivity index (χ2v) is 7.51. The molecule has 0 spiro atoms. The van der Waals surface area contributed by atoms with E-state index in [2.05, 4.69) is 34.5 Å². The summed E-state index contributed by atoms with van der Waals surface area (Å²) < 4.78 is 0. The molecule has 0 atom stereocenters. The Balaban J connectivity index is 1.45. The van der Waals surface area contributed by atoms with E-state index in [1.54, 1.807) is 0 Å². The van der Waals surface area contributed by atoms with E-state index in [1.807, 2.05) is 29.7 Å². The van der Waals surface area contributed by atoms with Gasteiger partial charge in [-0.25, -0.2) is 4.79 Å². The van der Waals surface area contributed by atoms with Crippen LogP contribution in [0.15, 0.2) is 30.3 Å². The molecule has 2 heterocycles. The maximum atomic E-state index is 12.8. The molecule has 2 saturated heterocycles. The van der Waals surface area contributed by atoms with E-state index < -0.39 is 0 Å². The summed E-state index contributed by atoms with van der Waals surface area (Å²) in [5.74, 6) is 0.322. The molecule has 2 fully saturated rings. The fourth-order valence-corrected chi connectivity index (χ4v) is 3.75. The van der Waals surface area contributed by atoms with E-state index in [0.29, 0.717) is 13.1 Å². The van der Waals surface area contributed by atoms with Gasteiger partial charge >= 0.3 is 6.03 Å². The Morgan fingerprint density at radius 2 is 1.54 bits per heavy atom. The van der Waals surface area contributed by atoms with Crippen LogP contribution in [0.1, 0.15) is 26.7 Å². The van der Waals surface area contributed by atoms with Gasteiger partial charge in [-0.1, -0.05) is 18.2 Å². The number of carbonyl (C=O) groups is 2. The molecule has 0 aromatic heterocycles. The smallest absolute Gasteiger partial charge is 0.317 e. The summed E-state index contributed by atoms with van der Waals surface area (Å²) in [5.41, 5.74) is 1.23. The van der Waals surface area contributed by atoms with Crippen molar-refractivity contribution in [1.82, 2.24) is 15.1 Å². The van der Waals surface area contributed by atoms with Crippen molar-refractivity contribution in [1.29, 1.82) is 0 Å². The van der Waals surface area contributed by atoms with Crippen LogP contribution in [-0.4, -0.2) is 67.0 Å². The molecule has 3 rings (SSSR count). The number of nitrogens with one attached hydrogen (secondary N) is 1. The number of nitrogens with zero attached hydrogens (tertiary/aromatic N) is 3. The second-order valence-electron chi connectivity index (χ2n) is 7.51. The van der Waals surface area contributed by atoms with Crippen LogP contribution in [0.25, 0.3) is 0 Å². The molecule has 26 heavy (non-hydrogen) atoms. The van der Waals surface area contributed by atoms with Crippen molar-refractivity contribution < 1.29 is 9.59 Å². The standard InChI is InChI=1S/C20H30N4O2/c1-16(2)21-20(26)24-10-8-17(9-11-24)19(25)23-14-12-22(13-15-23)18-6-4-3-5-7-18/h3-7,16-17H,8-15H2,1-2H3,(H,21,26). The number of urea groups is 1. The predicted molar refractivity (Wildman–Crippen MR) is 103 cm³/mol. The summed E-state index contributed by atoms with van der Waals surface area (Å²) in [7, 11) is 0. The van der Waals surface area contributed by atoms with E-state index in [0.717, 1.165) is 39.0 Å². The third kappa shape index (κ3) is 4.48. The zero-order chi connectivity index (χ0) is 18.5. The molecule has 0 bridgehead atoms. The lowest BCUT2D eigenvalue weighted by Gasteiger charge is -2.39. The molecule has 1 N–H and O–H groups in total. The number of anilines is 1. The van der Waals surface area contributed by atoms with Crippen LogP contribution in [0.3, 0.4) is 0 Å². The molecular weight excluding hydrogens is 328 g/mol. The van der Waals surface area contributed by atoms with E-state index >= 15 is 0 Å². The highest BCUT2D eigenvalue weighted by molar-refractivity contribution is 5.80. The zero-order valence-corrected chi connectivity index (χ0v) is 15.9. The SMILES string of the molecule is CC(C)NC(=O)N1CCC(C(=O)N2CCN(c3ccccc3)CC2)CC1. The van der Waals surface area contributed by atoms with Gasteiger partial charge in [0.1, 0.15) is 0 Å². The monoisotopic (exact) mass is 358 g/mol. The van der Waals surface area contributed by atoms with Crippen molar-refractivity contribution in [2.75, 3.05) is 44.2 Å². The van der Waals surface area contributed by atoms with Crippen LogP contribution in [0.2, 0.25) is 0 Å². The number of rotatable bonds is 3. The van der Waals surface area contributed by atoms with Crippen LogP contribution in [0.5, 0.6) is 0 Å². The third-order valence-corrected chi connectivity index (χ3v) is 5.26. The van der Waals surface area contributed by atoms with Gasteiger partial charge in [0.05, 0.1) is 0 Å². The minimum Gasteiger partial charge on any atom is -0.368 e. The van der Waals surface area contributed by atoms with Crippen molar-refractivity contribution in [2.45, 2.75) is 32.7 Å². The van der Waals surface area contributed by atoms with E-state index in [4.69, 9.17) is 0 Å². The van der Waals surface area contributed by atoms with Gasteiger partial charge in [-0.2, -0.15) is 0 Å². The van der Waals surface area contributed by atoms with E-state index in [9.17, 15) is 9.59 Å². The predicted octanol–water partition coefficient (Wildman–Crippen LogP) is 2.17. The van der Waals surface area contributed by atoms with Crippen LogP contribution >= 0.6 is 0 Å². The number of hydrogen-bond donors (Lipinski definition) is 1. The first kappa shape index (κ1) is 18.5. The molecule has 2 aliphatic rings. The molecule has 6 heteroatoms. The van der Waals surface area contributed by atoms with Crippen molar-refractivity contribution >= 4 is 17.6 Å². The van der Waals surface area contributed by atoms with Gasteiger partial charge in [0, 0.05) is 56.9 Å². The Morgan fingerprint density at radius 3 is 2.12 bits per heavy atom. The average Bonchev–Trinajstić information content (AvgIpc) is 2.68. The molecule has 0 saturated carbocycles. The summed E-state index contributed by atoms with van der Waals surface area (Å²) in [6.07, 6.45) is 1.53. The number of piperazine rings is 1. The molecule has 3 amide bonds. The maximum absolute atomic E-state index is 12.8. The minimum absolute atomic E-state index is 0.0117. The number of hydrogen-bond acceptors (Lipinski definition) is 3. The number of benzene rings is 1. The Bertz CT molecular complexity index is 603. The summed E-state index contributed by atoms with van der Waals surface area (Å²) in [5, 5.41) is 2.93. The number of para-hydroxylation sites is 1. The number of carbonyl (C=O) groups excluding carboxylic acids is 2. The molecule has 1 aromatic carbocycles. The summed E-state index contributed by atoms with van der Waals surface area (Å²) in [4.78, 5) is 31.1. The Hall–Kier alpha value is -2.24. The lowest BCUT2D eigenvalue weighted by atomic mass is 9.95. The summed E-state index contributed by atoms with van der Waals surface area (Å²) in [6.45, 7) is 8.57. The fraction of sp³-hybridized carbons (Fsp3) is 0.600. The second kappa shape index (κ2) is 8.43. The van der Waals surface area contributed by atoms with Gasteiger partial charge in [0.25, 0.3) is 0 Å². The van der Waals surface area contributed by atoms with Crippen molar-refractivity contribution in [3.8, 4) is 0 Å². The molecule has 0 unspecified atom stereocenters. The normalized spacial score (nSPS) is 19.0. The largest absolute Gasteiger partial charge is 0.368 e. The van der Waals surface area contributed by atoms with Gasteiger partial charge < -0.3 is 20.0 Å². The number of likely N-dealkylation sites (tertiary alicyclic amines) is 1. The lowest BCUT2D eigenvalue weighted by molar-refractivity contribution is -0.137. The lowest BCUT2D eigenvalue weighted by Crippen LogP contribution is -2.53. The van der Waals surface area contributed by atoms with E-state index in [1.165, 1.54) is 5.69 Å². The topological polar surface area (TPSA) is 55.9 Å². The number of piperidine rings is 1. The molecule has 0 aliphatic carbocycles. The Kier molecular flexibility index (Phi) is 6.01. The molecule has 2 aliphatic heterocycles. The highest BCUT2D eigenvalue weighted by Gasteiger charge is 2.31.